The number of hydrogen-bond acceptors (Lipinski definition) is 2. The summed E-state index contributed by atoms with van der Waals surface area (Å²) in [5.74, 6) is -0.883. The molecule has 1 atom stereocenters. The van der Waals surface area contributed by atoms with Crippen LogP contribution in [0.25, 0.3) is 0 Å². The number of likely N-dealkylation sites (tertiary alicyclic amines) is 1. The van der Waals surface area contributed by atoms with Crippen molar-refractivity contribution in [1.29, 1.82) is 0 Å². The van der Waals surface area contributed by atoms with Gasteiger partial charge in [0, 0.05) is 25.9 Å². The number of urea groups is 1. The fourth-order valence-corrected chi connectivity index (χ4v) is 1.64. The first-order valence-corrected chi connectivity index (χ1v) is 5.34. The van der Waals surface area contributed by atoms with Crippen LogP contribution in [-0.4, -0.2) is 47.3 Å². The lowest BCUT2D eigenvalue weighted by Crippen LogP contribution is -2.40. The molecule has 16 heavy (non-hydrogen) atoms. The SMILES string of the molecule is CC1(F)CCN(C(=O)NCCCC(=O)O)C1. The standard InChI is InChI=1S/C10H17FN2O3/c1-10(11)4-6-13(7-10)9(16)12-5-2-3-8(14)15/h2-7H2,1H3,(H,12,16)(H,14,15). The molecule has 1 heterocycles. The number of alkyl halides is 1. The van der Waals surface area contributed by atoms with Crippen LogP contribution in [0.4, 0.5) is 9.18 Å². The Labute approximate surface area is 93.6 Å². The van der Waals surface area contributed by atoms with Gasteiger partial charge in [0.1, 0.15) is 5.67 Å². The maximum absolute atomic E-state index is 13.4. The first kappa shape index (κ1) is 12.7. The highest BCUT2D eigenvalue weighted by Crippen LogP contribution is 2.24. The molecule has 1 rings (SSSR count). The molecule has 1 aliphatic heterocycles. The number of nitrogens with one attached hydrogen (secondary N) is 1. The van der Waals surface area contributed by atoms with E-state index in [-0.39, 0.29) is 19.0 Å². The Hall–Kier alpha value is -1.33. The molecular weight excluding hydrogens is 215 g/mol. The summed E-state index contributed by atoms with van der Waals surface area (Å²) in [6.07, 6.45) is 0.776. The van der Waals surface area contributed by atoms with Crippen LogP contribution in [0.2, 0.25) is 0 Å². The molecule has 1 fully saturated rings. The van der Waals surface area contributed by atoms with Gasteiger partial charge in [0.05, 0.1) is 6.54 Å². The van der Waals surface area contributed by atoms with Gasteiger partial charge in [-0.25, -0.2) is 9.18 Å². The van der Waals surface area contributed by atoms with Crippen LogP contribution in [0, 0.1) is 0 Å². The molecule has 2 N–H and O–H groups in total. The molecule has 5 nitrogen and oxygen atoms in total. The molecule has 6 heteroatoms. The minimum absolute atomic E-state index is 0.0289. The minimum atomic E-state index is -1.29. The summed E-state index contributed by atoms with van der Waals surface area (Å²) in [7, 11) is 0. The molecule has 0 aromatic heterocycles. The molecule has 0 aromatic rings. The van der Waals surface area contributed by atoms with Crippen LogP contribution in [-0.2, 0) is 4.79 Å². The van der Waals surface area contributed by atoms with Gasteiger partial charge in [0.25, 0.3) is 0 Å². The summed E-state index contributed by atoms with van der Waals surface area (Å²) in [5.41, 5.74) is -1.29. The highest BCUT2D eigenvalue weighted by Gasteiger charge is 2.35. The smallest absolute Gasteiger partial charge is 0.317 e. The predicted molar refractivity (Wildman–Crippen MR) is 56.0 cm³/mol. The monoisotopic (exact) mass is 232 g/mol. The predicted octanol–water partition coefficient (Wildman–Crippen LogP) is 0.995. The molecule has 0 bridgehead atoms. The number of hydrogen-bond donors (Lipinski definition) is 2. The van der Waals surface area contributed by atoms with E-state index >= 15 is 0 Å². The van der Waals surface area contributed by atoms with Crippen molar-refractivity contribution >= 4 is 12.0 Å². The lowest BCUT2D eigenvalue weighted by molar-refractivity contribution is -0.137. The van der Waals surface area contributed by atoms with Crippen LogP contribution < -0.4 is 5.32 Å². The van der Waals surface area contributed by atoms with E-state index < -0.39 is 11.6 Å². The Kier molecular flexibility index (Phi) is 4.09. The number of rotatable bonds is 4. The van der Waals surface area contributed by atoms with Crippen LogP contribution in [0.15, 0.2) is 0 Å². The Morgan fingerprint density at radius 2 is 2.25 bits per heavy atom. The normalized spacial score (nSPS) is 24.5. The Bertz CT molecular complexity index is 281. The van der Waals surface area contributed by atoms with E-state index in [1.165, 1.54) is 11.8 Å². The average Bonchev–Trinajstić information content (AvgIpc) is 2.53. The van der Waals surface area contributed by atoms with Crippen molar-refractivity contribution in [2.45, 2.75) is 31.9 Å². The molecular formula is C10H17FN2O3. The molecule has 2 amide bonds. The topological polar surface area (TPSA) is 69.6 Å². The zero-order valence-corrected chi connectivity index (χ0v) is 9.33. The Morgan fingerprint density at radius 1 is 1.56 bits per heavy atom. The lowest BCUT2D eigenvalue weighted by atomic mass is 10.1. The van der Waals surface area contributed by atoms with Gasteiger partial charge in [-0.2, -0.15) is 0 Å². The second-order valence-corrected chi connectivity index (χ2v) is 4.31. The van der Waals surface area contributed by atoms with Gasteiger partial charge in [-0.1, -0.05) is 0 Å². The van der Waals surface area contributed by atoms with Gasteiger partial charge in [-0.15, -0.1) is 0 Å². The Balaban J connectivity index is 2.19. The van der Waals surface area contributed by atoms with E-state index in [9.17, 15) is 14.0 Å². The molecule has 0 radical (unpaired) electrons. The maximum Gasteiger partial charge on any atom is 0.317 e. The quantitative estimate of drug-likeness (QED) is 0.710. The average molecular weight is 232 g/mol. The van der Waals surface area contributed by atoms with E-state index in [1.807, 2.05) is 0 Å². The summed E-state index contributed by atoms with van der Waals surface area (Å²) < 4.78 is 13.4. The third kappa shape index (κ3) is 4.04. The van der Waals surface area contributed by atoms with Crippen molar-refractivity contribution in [3.05, 3.63) is 0 Å². The second kappa shape index (κ2) is 5.14. The first-order chi connectivity index (χ1) is 7.41. The van der Waals surface area contributed by atoms with Gasteiger partial charge in [-0.05, 0) is 13.3 Å². The van der Waals surface area contributed by atoms with Crippen LogP contribution in [0.5, 0.6) is 0 Å². The highest BCUT2D eigenvalue weighted by molar-refractivity contribution is 5.74. The van der Waals surface area contributed by atoms with Crippen LogP contribution >= 0.6 is 0 Å². The first-order valence-electron chi connectivity index (χ1n) is 5.34. The zero-order chi connectivity index (χ0) is 12.2. The number of carbonyl (C=O) groups excluding carboxylic acids is 1. The van der Waals surface area contributed by atoms with Crippen molar-refractivity contribution < 1.29 is 19.1 Å². The van der Waals surface area contributed by atoms with Crippen molar-refractivity contribution in [2.24, 2.45) is 0 Å². The zero-order valence-electron chi connectivity index (χ0n) is 9.33. The third-order valence-corrected chi connectivity index (χ3v) is 2.55. The molecule has 1 unspecified atom stereocenters. The fourth-order valence-electron chi connectivity index (χ4n) is 1.64. The number of halogens is 1. The number of carboxylic acid groups (broad SMARTS) is 1. The minimum Gasteiger partial charge on any atom is -0.481 e. The maximum atomic E-state index is 13.4. The van der Waals surface area contributed by atoms with Gasteiger partial charge in [0.2, 0.25) is 0 Å². The van der Waals surface area contributed by atoms with E-state index in [0.29, 0.717) is 25.9 Å². The molecule has 0 saturated carbocycles. The van der Waals surface area contributed by atoms with E-state index in [2.05, 4.69) is 5.32 Å². The Morgan fingerprint density at radius 3 is 2.75 bits per heavy atom. The number of carbonyl (C=O) groups is 2. The van der Waals surface area contributed by atoms with Gasteiger partial charge in [0.15, 0.2) is 0 Å². The molecule has 0 aliphatic carbocycles. The van der Waals surface area contributed by atoms with E-state index in [0.717, 1.165) is 0 Å². The fraction of sp³-hybridized carbons (Fsp3) is 0.800. The van der Waals surface area contributed by atoms with Crippen LogP contribution in [0.3, 0.4) is 0 Å². The summed E-state index contributed by atoms with van der Waals surface area (Å²) in [6, 6.07) is -0.313. The largest absolute Gasteiger partial charge is 0.481 e. The number of aliphatic carboxylic acids is 1. The molecule has 1 saturated heterocycles. The molecule has 0 aromatic carbocycles. The number of amides is 2. The van der Waals surface area contributed by atoms with E-state index in [4.69, 9.17) is 5.11 Å². The van der Waals surface area contributed by atoms with Gasteiger partial charge < -0.3 is 15.3 Å². The summed E-state index contributed by atoms with van der Waals surface area (Å²) >= 11 is 0. The molecule has 1 aliphatic rings. The third-order valence-electron chi connectivity index (χ3n) is 2.55. The summed E-state index contributed by atoms with van der Waals surface area (Å²) in [5, 5.41) is 11.0. The van der Waals surface area contributed by atoms with Crippen molar-refractivity contribution in [1.82, 2.24) is 10.2 Å². The van der Waals surface area contributed by atoms with Crippen molar-refractivity contribution in [3.63, 3.8) is 0 Å². The number of carboxylic acids is 1. The molecule has 0 spiro atoms. The van der Waals surface area contributed by atoms with Crippen molar-refractivity contribution in [3.8, 4) is 0 Å². The van der Waals surface area contributed by atoms with Crippen LogP contribution in [0.1, 0.15) is 26.2 Å². The van der Waals surface area contributed by atoms with Gasteiger partial charge >= 0.3 is 12.0 Å². The number of nitrogens with zero attached hydrogens (tertiary/aromatic N) is 1. The summed E-state index contributed by atoms with van der Waals surface area (Å²) in [4.78, 5) is 23.1. The van der Waals surface area contributed by atoms with Gasteiger partial charge in [-0.3, -0.25) is 4.79 Å². The summed E-state index contributed by atoms with van der Waals surface area (Å²) in [6.45, 7) is 2.31. The highest BCUT2D eigenvalue weighted by atomic mass is 19.1. The van der Waals surface area contributed by atoms with Crippen molar-refractivity contribution in [2.75, 3.05) is 19.6 Å². The second-order valence-electron chi connectivity index (χ2n) is 4.31. The van der Waals surface area contributed by atoms with E-state index in [1.54, 1.807) is 0 Å². The lowest BCUT2D eigenvalue weighted by Gasteiger charge is -2.18. The molecule has 92 valence electrons.